The number of benzene rings is 2. The van der Waals surface area contributed by atoms with Crippen molar-refractivity contribution >= 4 is 21.9 Å². The van der Waals surface area contributed by atoms with Crippen LogP contribution in [0.3, 0.4) is 0 Å². The van der Waals surface area contributed by atoms with E-state index in [2.05, 4.69) is 79.3 Å². The zero-order chi connectivity index (χ0) is 12.1. The van der Waals surface area contributed by atoms with Crippen LogP contribution in [0.15, 0.2) is 60.7 Å². The van der Waals surface area contributed by atoms with E-state index in [9.17, 15) is 0 Å². The predicted octanol–water partition coefficient (Wildman–Crippen LogP) is 4.06. The summed E-state index contributed by atoms with van der Waals surface area (Å²) >= 11 is 0. The highest BCUT2D eigenvalue weighted by Crippen LogP contribution is 2.23. The lowest BCUT2D eigenvalue weighted by Crippen LogP contribution is -1.98. The molecule has 2 rings (SSSR count). The smallest absolute Gasteiger partial charge is 0.0622 e. The van der Waals surface area contributed by atoms with E-state index in [1.165, 1.54) is 16.0 Å². The fourth-order valence-electron chi connectivity index (χ4n) is 1.74. The molecule has 2 aromatic carbocycles. The molecular formula is C16H17S+. The Balaban J connectivity index is 2.40. The van der Waals surface area contributed by atoms with Crippen LogP contribution in [0.25, 0.3) is 11.0 Å². The normalized spacial score (nSPS) is 11.8. The van der Waals surface area contributed by atoms with E-state index in [0.29, 0.717) is 0 Å². The highest BCUT2D eigenvalue weighted by Gasteiger charge is 2.14. The molecule has 0 aliphatic heterocycles. The molecule has 17 heavy (non-hydrogen) atoms. The van der Waals surface area contributed by atoms with Crippen molar-refractivity contribution in [3.8, 4) is 0 Å². The zero-order valence-electron chi connectivity index (χ0n) is 10.3. The molecule has 0 radical (unpaired) electrons. The Morgan fingerprint density at radius 3 is 1.88 bits per heavy atom. The minimum absolute atomic E-state index is 0.256. The molecule has 86 valence electrons. The molecule has 0 spiro atoms. The highest BCUT2D eigenvalue weighted by atomic mass is 32.2. The van der Waals surface area contributed by atoms with Gasteiger partial charge in [-0.2, -0.15) is 0 Å². The van der Waals surface area contributed by atoms with Crippen molar-refractivity contribution in [1.82, 2.24) is 0 Å². The molecule has 0 N–H and O–H groups in total. The van der Waals surface area contributed by atoms with Crippen molar-refractivity contribution in [3.63, 3.8) is 0 Å². The maximum absolute atomic E-state index is 2.29. The molecule has 0 atom stereocenters. The second kappa shape index (κ2) is 5.74. The van der Waals surface area contributed by atoms with Gasteiger partial charge in [0, 0.05) is 22.5 Å². The molecule has 1 heteroatoms. The summed E-state index contributed by atoms with van der Waals surface area (Å²) in [6.07, 6.45) is 6.82. The van der Waals surface area contributed by atoms with Gasteiger partial charge in [0.1, 0.15) is 12.5 Å². The first-order chi connectivity index (χ1) is 8.27. The lowest BCUT2D eigenvalue weighted by molar-refractivity contribution is 1.64. The Hall–Kier alpha value is -1.47. The van der Waals surface area contributed by atoms with E-state index in [4.69, 9.17) is 0 Å². The summed E-state index contributed by atoms with van der Waals surface area (Å²) in [6.45, 7) is 0. The van der Waals surface area contributed by atoms with Gasteiger partial charge in [-0.05, 0) is 17.7 Å². The third-order valence-electron chi connectivity index (χ3n) is 2.60. The van der Waals surface area contributed by atoms with Crippen LogP contribution in [0, 0.1) is 0 Å². The van der Waals surface area contributed by atoms with Gasteiger partial charge in [0.15, 0.2) is 4.91 Å². The summed E-state index contributed by atoms with van der Waals surface area (Å²) in [6, 6.07) is 21.1. The third-order valence-corrected chi connectivity index (χ3v) is 3.83. The van der Waals surface area contributed by atoms with Gasteiger partial charge in [0.05, 0.1) is 0 Å². The minimum Gasteiger partial charge on any atom is -0.0622 e. The van der Waals surface area contributed by atoms with E-state index in [1.807, 2.05) is 0 Å². The van der Waals surface area contributed by atoms with Crippen LogP contribution < -0.4 is 0 Å². The summed E-state index contributed by atoms with van der Waals surface area (Å²) in [5.74, 6) is 0. The van der Waals surface area contributed by atoms with Gasteiger partial charge in [0.2, 0.25) is 0 Å². The van der Waals surface area contributed by atoms with E-state index >= 15 is 0 Å². The maximum atomic E-state index is 2.29. The number of hydrogen-bond donors (Lipinski definition) is 0. The molecule has 0 bridgehead atoms. The summed E-state index contributed by atoms with van der Waals surface area (Å²) < 4.78 is 0. The van der Waals surface area contributed by atoms with Crippen molar-refractivity contribution in [1.29, 1.82) is 0 Å². The molecule has 0 fully saturated rings. The van der Waals surface area contributed by atoms with Crippen LogP contribution >= 0.6 is 0 Å². The molecule has 0 aliphatic rings. The number of hydrogen-bond acceptors (Lipinski definition) is 0. The maximum Gasteiger partial charge on any atom is 0.162 e. The zero-order valence-corrected chi connectivity index (χ0v) is 11.1. The van der Waals surface area contributed by atoms with E-state index < -0.39 is 0 Å². The molecule has 0 saturated heterocycles. The lowest BCUT2D eigenvalue weighted by atomic mass is 10.1. The Bertz CT molecular complexity index is 483. The van der Waals surface area contributed by atoms with Crippen LogP contribution in [-0.4, -0.2) is 12.5 Å². The number of rotatable bonds is 3. The molecular weight excluding hydrogens is 224 g/mol. The van der Waals surface area contributed by atoms with E-state index in [1.54, 1.807) is 0 Å². The van der Waals surface area contributed by atoms with Crippen molar-refractivity contribution in [3.05, 3.63) is 71.8 Å². The first-order valence-corrected chi connectivity index (χ1v) is 7.71. The fourth-order valence-corrected chi connectivity index (χ4v) is 2.72. The van der Waals surface area contributed by atoms with Gasteiger partial charge >= 0.3 is 0 Å². The van der Waals surface area contributed by atoms with E-state index in [-0.39, 0.29) is 10.9 Å². The molecule has 0 saturated carbocycles. The van der Waals surface area contributed by atoms with Crippen LogP contribution in [0.5, 0.6) is 0 Å². The first kappa shape index (κ1) is 12.0. The quantitative estimate of drug-likeness (QED) is 0.561. The highest BCUT2D eigenvalue weighted by molar-refractivity contribution is 8.04. The minimum atomic E-state index is 0.256. The Morgan fingerprint density at radius 2 is 1.35 bits per heavy atom. The van der Waals surface area contributed by atoms with Crippen molar-refractivity contribution < 1.29 is 0 Å². The Morgan fingerprint density at radius 1 is 0.824 bits per heavy atom. The van der Waals surface area contributed by atoms with Crippen LogP contribution in [0.1, 0.15) is 11.1 Å². The monoisotopic (exact) mass is 241 g/mol. The van der Waals surface area contributed by atoms with Crippen LogP contribution in [0.4, 0.5) is 0 Å². The summed E-state index contributed by atoms with van der Waals surface area (Å²) in [5.41, 5.74) is 2.59. The first-order valence-electron chi connectivity index (χ1n) is 5.67. The van der Waals surface area contributed by atoms with Crippen molar-refractivity contribution in [2.24, 2.45) is 0 Å². The van der Waals surface area contributed by atoms with Gasteiger partial charge in [-0.15, -0.1) is 0 Å². The van der Waals surface area contributed by atoms with Gasteiger partial charge in [-0.25, -0.2) is 0 Å². The fraction of sp³-hybridized carbons (Fsp3) is 0.125. The average molecular weight is 241 g/mol. The van der Waals surface area contributed by atoms with Crippen LogP contribution in [0.2, 0.25) is 0 Å². The largest absolute Gasteiger partial charge is 0.162 e. The summed E-state index contributed by atoms with van der Waals surface area (Å²) in [4.78, 5) is 1.41. The van der Waals surface area contributed by atoms with Crippen molar-refractivity contribution in [2.45, 2.75) is 0 Å². The van der Waals surface area contributed by atoms with E-state index in [0.717, 1.165) is 0 Å². The van der Waals surface area contributed by atoms with Gasteiger partial charge in [0.25, 0.3) is 0 Å². The van der Waals surface area contributed by atoms with Crippen molar-refractivity contribution in [2.75, 3.05) is 12.5 Å². The standard InChI is InChI=1S/C16H17S/c1-17(2)16(15-11-7-4-8-12-15)13-14-9-5-3-6-10-14/h3-13H,1-2H3/q+1/b16-13-. The van der Waals surface area contributed by atoms with Gasteiger partial charge < -0.3 is 0 Å². The molecule has 0 unspecified atom stereocenters. The Kier molecular flexibility index (Phi) is 4.05. The molecule has 0 amide bonds. The van der Waals surface area contributed by atoms with Crippen LogP contribution in [-0.2, 0) is 10.9 Å². The topological polar surface area (TPSA) is 0 Å². The molecule has 0 nitrogen and oxygen atoms in total. The molecule has 2 aromatic rings. The predicted molar refractivity (Wildman–Crippen MR) is 80.0 cm³/mol. The average Bonchev–Trinajstić information content (AvgIpc) is 2.38. The second-order valence-corrected chi connectivity index (χ2v) is 6.17. The SMILES string of the molecule is C[S+](C)/C(=C\c1ccccc1)c1ccccc1. The molecule has 0 aromatic heterocycles. The molecule has 0 heterocycles. The Labute approximate surface area is 106 Å². The lowest BCUT2D eigenvalue weighted by Gasteiger charge is -2.03. The third kappa shape index (κ3) is 3.24. The summed E-state index contributed by atoms with van der Waals surface area (Å²) in [7, 11) is 0.256. The van der Waals surface area contributed by atoms with Gasteiger partial charge in [-0.1, -0.05) is 48.5 Å². The molecule has 0 aliphatic carbocycles. The second-order valence-electron chi connectivity index (χ2n) is 4.10. The summed E-state index contributed by atoms with van der Waals surface area (Å²) in [5, 5.41) is 0. The van der Waals surface area contributed by atoms with Gasteiger partial charge in [-0.3, -0.25) is 0 Å².